The van der Waals surface area contributed by atoms with Crippen molar-refractivity contribution < 1.29 is 9.59 Å². The van der Waals surface area contributed by atoms with Gasteiger partial charge in [-0.3, -0.25) is 9.59 Å². The van der Waals surface area contributed by atoms with Crippen LogP contribution in [0, 0.1) is 0 Å². The number of halogens is 1. The van der Waals surface area contributed by atoms with Crippen molar-refractivity contribution in [2.24, 2.45) is 0 Å². The summed E-state index contributed by atoms with van der Waals surface area (Å²) in [5, 5.41) is 5.02. The zero-order valence-corrected chi connectivity index (χ0v) is 20.2. The van der Waals surface area contributed by atoms with Gasteiger partial charge < -0.3 is 15.1 Å². The van der Waals surface area contributed by atoms with Crippen LogP contribution in [0.3, 0.4) is 0 Å². The molecule has 0 aromatic heterocycles. The van der Waals surface area contributed by atoms with Gasteiger partial charge in [0.1, 0.15) is 0 Å². The van der Waals surface area contributed by atoms with Crippen LogP contribution in [-0.2, 0) is 0 Å². The molecule has 1 heterocycles. The van der Waals surface area contributed by atoms with E-state index in [-0.39, 0.29) is 11.8 Å². The van der Waals surface area contributed by atoms with Crippen LogP contribution in [0.2, 0.25) is 0 Å². The van der Waals surface area contributed by atoms with E-state index in [1.165, 1.54) is 0 Å². The molecule has 34 heavy (non-hydrogen) atoms. The zero-order valence-electron chi connectivity index (χ0n) is 18.6. The second kappa shape index (κ2) is 9.69. The summed E-state index contributed by atoms with van der Waals surface area (Å²) in [5.41, 5.74) is 3.07. The number of piperazine rings is 1. The molecule has 4 aromatic rings. The number of para-hydroxylation sites is 2. The first-order valence-electron chi connectivity index (χ1n) is 11.3. The van der Waals surface area contributed by atoms with Crippen LogP contribution in [0.5, 0.6) is 0 Å². The molecule has 0 radical (unpaired) electrons. The maximum Gasteiger partial charge on any atom is 0.256 e. The van der Waals surface area contributed by atoms with Gasteiger partial charge in [0, 0.05) is 41.8 Å². The molecule has 0 saturated carbocycles. The average molecular weight is 514 g/mol. The maximum absolute atomic E-state index is 13.3. The van der Waals surface area contributed by atoms with E-state index in [0.717, 1.165) is 26.6 Å². The van der Waals surface area contributed by atoms with Gasteiger partial charge in [0.2, 0.25) is 0 Å². The van der Waals surface area contributed by atoms with Crippen LogP contribution < -0.4 is 10.2 Å². The standard InChI is InChI=1S/C28H24BrN3O2/c29-24-13-7-10-21-22(24)11-6-12-23(21)27(33)30-25-14-4-5-15-26(25)31-16-18-32(19-17-31)28(34)20-8-2-1-3-9-20/h1-15H,16-19H2,(H,30,33). The van der Waals surface area contributed by atoms with Gasteiger partial charge in [0.05, 0.1) is 11.4 Å². The van der Waals surface area contributed by atoms with Crippen molar-refractivity contribution in [3.8, 4) is 0 Å². The number of hydrogen-bond acceptors (Lipinski definition) is 3. The fourth-order valence-electron chi connectivity index (χ4n) is 4.43. The number of anilines is 2. The van der Waals surface area contributed by atoms with Crippen LogP contribution in [0.1, 0.15) is 20.7 Å². The highest BCUT2D eigenvalue weighted by molar-refractivity contribution is 9.10. The van der Waals surface area contributed by atoms with Crippen molar-refractivity contribution >= 4 is 49.9 Å². The highest BCUT2D eigenvalue weighted by atomic mass is 79.9. The fraction of sp³-hybridized carbons (Fsp3) is 0.143. The van der Waals surface area contributed by atoms with E-state index in [4.69, 9.17) is 0 Å². The minimum absolute atomic E-state index is 0.0592. The largest absolute Gasteiger partial charge is 0.366 e. The topological polar surface area (TPSA) is 52.7 Å². The highest BCUT2D eigenvalue weighted by Gasteiger charge is 2.24. The summed E-state index contributed by atoms with van der Waals surface area (Å²) in [6, 6.07) is 28.9. The van der Waals surface area contributed by atoms with E-state index < -0.39 is 0 Å². The van der Waals surface area contributed by atoms with E-state index in [2.05, 4.69) is 26.1 Å². The van der Waals surface area contributed by atoms with Crippen molar-refractivity contribution in [3.63, 3.8) is 0 Å². The Balaban J connectivity index is 1.33. The third-order valence-corrected chi connectivity index (χ3v) is 6.89. The Bertz CT molecular complexity index is 1350. The lowest BCUT2D eigenvalue weighted by atomic mass is 10.0. The molecule has 1 aliphatic heterocycles. The summed E-state index contributed by atoms with van der Waals surface area (Å²) in [6.07, 6.45) is 0. The third kappa shape index (κ3) is 4.41. The molecule has 1 saturated heterocycles. The number of amides is 2. The summed E-state index contributed by atoms with van der Waals surface area (Å²) in [6.45, 7) is 2.67. The first-order chi connectivity index (χ1) is 16.6. The Hall–Kier alpha value is -3.64. The molecule has 1 fully saturated rings. The SMILES string of the molecule is O=C(Nc1ccccc1N1CCN(C(=O)c2ccccc2)CC1)c1cccc2c(Br)cccc12. The number of nitrogens with zero attached hydrogens (tertiary/aromatic N) is 2. The van der Waals surface area contributed by atoms with Gasteiger partial charge in [-0.25, -0.2) is 0 Å². The lowest BCUT2D eigenvalue weighted by Gasteiger charge is -2.37. The summed E-state index contributed by atoms with van der Waals surface area (Å²) < 4.78 is 0.961. The first-order valence-corrected chi connectivity index (χ1v) is 12.1. The van der Waals surface area contributed by atoms with E-state index in [1.807, 2.05) is 95.9 Å². The molecule has 6 heteroatoms. The minimum Gasteiger partial charge on any atom is -0.366 e. The molecule has 1 N–H and O–H groups in total. The molecule has 0 spiro atoms. The Morgan fingerprint density at radius 2 is 1.38 bits per heavy atom. The van der Waals surface area contributed by atoms with Crippen LogP contribution >= 0.6 is 15.9 Å². The van der Waals surface area contributed by atoms with Crippen molar-refractivity contribution in [1.29, 1.82) is 0 Å². The fourth-order valence-corrected chi connectivity index (χ4v) is 4.93. The van der Waals surface area contributed by atoms with Gasteiger partial charge in [-0.15, -0.1) is 0 Å². The van der Waals surface area contributed by atoms with Crippen molar-refractivity contribution in [3.05, 3.63) is 107 Å². The number of benzene rings is 4. The average Bonchev–Trinajstić information content (AvgIpc) is 2.89. The molecular weight excluding hydrogens is 490 g/mol. The lowest BCUT2D eigenvalue weighted by molar-refractivity contribution is 0.0746. The Morgan fingerprint density at radius 3 is 2.18 bits per heavy atom. The van der Waals surface area contributed by atoms with Crippen molar-refractivity contribution in [1.82, 2.24) is 4.90 Å². The van der Waals surface area contributed by atoms with E-state index in [9.17, 15) is 9.59 Å². The monoisotopic (exact) mass is 513 g/mol. The number of carbonyl (C=O) groups excluding carboxylic acids is 2. The quantitative estimate of drug-likeness (QED) is 0.374. The van der Waals surface area contributed by atoms with Gasteiger partial charge in [0.25, 0.3) is 11.8 Å². The Labute approximate surface area is 207 Å². The molecule has 0 bridgehead atoms. The minimum atomic E-state index is -0.144. The van der Waals surface area contributed by atoms with Gasteiger partial charge >= 0.3 is 0 Å². The predicted molar refractivity (Wildman–Crippen MR) is 141 cm³/mol. The normalized spacial score (nSPS) is 13.7. The molecule has 170 valence electrons. The Kier molecular flexibility index (Phi) is 6.32. The number of nitrogens with one attached hydrogen (secondary N) is 1. The molecular formula is C28H24BrN3O2. The highest BCUT2D eigenvalue weighted by Crippen LogP contribution is 2.30. The van der Waals surface area contributed by atoms with E-state index >= 15 is 0 Å². The molecule has 0 unspecified atom stereocenters. The van der Waals surface area contributed by atoms with Crippen LogP contribution in [0.25, 0.3) is 10.8 Å². The van der Waals surface area contributed by atoms with Crippen molar-refractivity contribution in [2.45, 2.75) is 0 Å². The number of carbonyl (C=O) groups is 2. The summed E-state index contributed by atoms with van der Waals surface area (Å²) in [7, 11) is 0. The predicted octanol–water partition coefficient (Wildman–Crippen LogP) is 5.82. The molecule has 0 aliphatic carbocycles. The summed E-state index contributed by atoms with van der Waals surface area (Å²) in [5.74, 6) is -0.0852. The molecule has 4 aromatic carbocycles. The maximum atomic E-state index is 13.3. The second-order valence-electron chi connectivity index (χ2n) is 8.26. The Morgan fingerprint density at radius 1 is 0.706 bits per heavy atom. The van der Waals surface area contributed by atoms with Crippen molar-refractivity contribution in [2.75, 3.05) is 36.4 Å². The van der Waals surface area contributed by atoms with Gasteiger partial charge in [-0.1, -0.05) is 70.5 Å². The lowest BCUT2D eigenvalue weighted by Crippen LogP contribution is -2.49. The van der Waals surface area contributed by atoms with Gasteiger partial charge in [-0.2, -0.15) is 0 Å². The molecule has 5 nitrogen and oxygen atoms in total. The summed E-state index contributed by atoms with van der Waals surface area (Å²) >= 11 is 3.57. The summed E-state index contributed by atoms with van der Waals surface area (Å²) in [4.78, 5) is 30.2. The number of fused-ring (bicyclic) bond motifs is 1. The van der Waals surface area contributed by atoms with E-state index in [1.54, 1.807) is 0 Å². The van der Waals surface area contributed by atoms with Crippen LogP contribution in [-0.4, -0.2) is 42.9 Å². The molecule has 0 atom stereocenters. The van der Waals surface area contributed by atoms with Gasteiger partial charge in [0.15, 0.2) is 0 Å². The first kappa shape index (κ1) is 22.2. The number of hydrogen-bond donors (Lipinski definition) is 1. The molecule has 2 amide bonds. The molecule has 5 rings (SSSR count). The smallest absolute Gasteiger partial charge is 0.256 e. The zero-order chi connectivity index (χ0) is 23.5. The van der Waals surface area contributed by atoms with Gasteiger partial charge in [-0.05, 0) is 47.2 Å². The van der Waals surface area contributed by atoms with Crippen LogP contribution in [0.4, 0.5) is 11.4 Å². The number of rotatable bonds is 4. The van der Waals surface area contributed by atoms with Crippen LogP contribution in [0.15, 0.2) is 95.5 Å². The van der Waals surface area contributed by atoms with E-state index in [0.29, 0.717) is 37.3 Å². The molecule has 1 aliphatic rings. The second-order valence-corrected chi connectivity index (χ2v) is 9.11. The third-order valence-electron chi connectivity index (χ3n) is 6.19.